The maximum absolute atomic E-state index is 6.10. The highest BCUT2D eigenvalue weighted by atomic mass is 35.5. The van der Waals surface area contributed by atoms with Crippen LogP contribution in [0.1, 0.15) is 50.7 Å². The zero-order valence-corrected chi connectivity index (χ0v) is 11.9. The summed E-state index contributed by atoms with van der Waals surface area (Å²) in [5.41, 5.74) is 16.0. The van der Waals surface area contributed by atoms with Gasteiger partial charge in [0.25, 0.3) is 0 Å². The minimum atomic E-state index is 0. The maximum atomic E-state index is 6.10. The Morgan fingerprint density at radius 2 is 1.12 bits per heavy atom. The molecule has 0 fully saturated rings. The Labute approximate surface area is 111 Å². The Morgan fingerprint density at radius 3 is 1.38 bits per heavy atom. The predicted octanol–water partition coefficient (Wildman–Crippen LogP) is 3.94. The molecule has 0 spiro atoms. The van der Waals surface area contributed by atoms with Gasteiger partial charge in [0.15, 0.2) is 0 Å². The fourth-order valence-electron chi connectivity index (χ4n) is 1.68. The second-order valence-electron chi connectivity index (χ2n) is 4.42. The van der Waals surface area contributed by atoms with Gasteiger partial charge in [-0.3, -0.25) is 0 Å². The van der Waals surface area contributed by atoms with E-state index in [1.165, 1.54) is 0 Å². The first kappa shape index (κ1) is 17.8. The molecule has 0 aromatic heterocycles. The van der Waals surface area contributed by atoms with Crippen LogP contribution in [0, 0.1) is 0 Å². The van der Waals surface area contributed by atoms with Crippen LogP contribution in [0.25, 0.3) is 0 Å². The molecule has 2 nitrogen and oxygen atoms in total. The minimum Gasteiger partial charge on any atom is -0.399 e. The molecular weight excluding hydrogens is 243 g/mol. The zero-order valence-electron chi connectivity index (χ0n) is 10.3. The van der Waals surface area contributed by atoms with Crippen molar-refractivity contribution in [2.45, 2.75) is 39.5 Å². The Bertz CT molecular complexity index is 307. The summed E-state index contributed by atoms with van der Waals surface area (Å²) >= 11 is 0. The van der Waals surface area contributed by atoms with Crippen molar-refractivity contribution in [2.75, 3.05) is 11.5 Å². The van der Waals surface area contributed by atoms with E-state index < -0.39 is 0 Å². The third kappa shape index (κ3) is 3.76. The Kier molecular flexibility index (Phi) is 7.64. The molecule has 94 valence electrons. The molecule has 0 heterocycles. The molecule has 1 aromatic carbocycles. The van der Waals surface area contributed by atoms with Crippen LogP contribution in [0.4, 0.5) is 11.4 Å². The van der Waals surface area contributed by atoms with E-state index in [-0.39, 0.29) is 24.8 Å². The lowest BCUT2D eigenvalue weighted by Gasteiger charge is -2.17. The van der Waals surface area contributed by atoms with Gasteiger partial charge < -0.3 is 11.5 Å². The molecule has 16 heavy (non-hydrogen) atoms. The highest BCUT2D eigenvalue weighted by molar-refractivity contribution is 5.85. The summed E-state index contributed by atoms with van der Waals surface area (Å²) in [5, 5.41) is 0. The lowest BCUT2D eigenvalue weighted by atomic mass is 9.92. The zero-order chi connectivity index (χ0) is 10.9. The molecule has 0 bridgehead atoms. The molecule has 0 aliphatic carbocycles. The smallest absolute Gasteiger partial charge is 0.0385 e. The molecule has 0 saturated carbocycles. The quantitative estimate of drug-likeness (QED) is 0.796. The van der Waals surface area contributed by atoms with Gasteiger partial charge in [0.1, 0.15) is 0 Å². The van der Waals surface area contributed by atoms with Gasteiger partial charge in [-0.15, -0.1) is 24.8 Å². The topological polar surface area (TPSA) is 52.0 Å². The number of benzene rings is 1. The number of rotatable bonds is 2. The summed E-state index contributed by atoms with van der Waals surface area (Å²) in [4.78, 5) is 0. The van der Waals surface area contributed by atoms with Crippen LogP contribution in [0.3, 0.4) is 0 Å². The van der Waals surface area contributed by atoms with Crippen LogP contribution in [0.2, 0.25) is 0 Å². The van der Waals surface area contributed by atoms with Gasteiger partial charge in [0.2, 0.25) is 0 Å². The molecule has 1 aromatic rings. The molecule has 0 atom stereocenters. The lowest BCUT2D eigenvalue weighted by molar-refractivity contribution is 0.841. The summed E-state index contributed by atoms with van der Waals surface area (Å²) < 4.78 is 0. The van der Waals surface area contributed by atoms with Gasteiger partial charge in [-0.1, -0.05) is 27.7 Å². The number of hydrogen-bond donors (Lipinski definition) is 2. The van der Waals surface area contributed by atoms with Crippen LogP contribution >= 0.6 is 24.8 Å². The first-order valence-corrected chi connectivity index (χ1v) is 5.12. The molecule has 0 aliphatic rings. The van der Waals surface area contributed by atoms with E-state index in [4.69, 9.17) is 11.5 Å². The highest BCUT2D eigenvalue weighted by Crippen LogP contribution is 2.32. The van der Waals surface area contributed by atoms with E-state index in [0.717, 1.165) is 22.5 Å². The van der Waals surface area contributed by atoms with E-state index in [0.29, 0.717) is 11.8 Å². The monoisotopic (exact) mass is 264 g/mol. The van der Waals surface area contributed by atoms with Gasteiger partial charge in [-0.25, -0.2) is 0 Å². The van der Waals surface area contributed by atoms with Gasteiger partial charge >= 0.3 is 0 Å². The minimum absolute atomic E-state index is 0. The van der Waals surface area contributed by atoms with Crippen LogP contribution in [-0.4, -0.2) is 0 Å². The van der Waals surface area contributed by atoms with Crippen molar-refractivity contribution < 1.29 is 0 Å². The Hall–Kier alpha value is -0.600. The van der Waals surface area contributed by atoms with Gasteiger partial charge in [0.05, 0.1) is 0 Å². The van der Waals surface area contributed by atoms with Crippen molar-refractivity contribution in [1.29, 1.82) is 0 Å². The average molecular weight is 265 g/mol. The maximum Gasteiger partial charge on any atom is 0.0385 e. The first-order chi connectivity index (χ1) is 6.43. The van der Waals surface area contributed by atoms with Gasteiger partial charge in [-0.2, -0.15) is 0 Å². The number of anilines is 2. The standard InChI is InChI=1S/C12H20N2.2ClH/c1-7(2)10-5-9(13)6-11(8(3)4)12(10)14;;/h5-8H,13-14H2,1-4H3;2*1H. The van der Waals surface area contributed by atoms with Gasteiger partial charge in [0, 0.05) is 11.4 Å². The van der Waals surface area contributed by atoms with Crippen LogP contribution < -0.4 is 11.5 Å². The van der Waals surface area contributed by atoms with Crippen molar-refractivity contribution in [3.05, 3.63) is 23.3 Å². The SMILES string of the molecule is CC(C)c1cc(N)cc(C(C)C)c1N.Cl.Cl. The van der Waals surface area contributed by atoms with E-state index in [1.807, 2.05) is 12.1 Å². The predicted molar refractivity (Wildman–Crippen MR) is 77.9 cm³/mol. The highest BCUT2D eigenvalue weighted by Gasteiger charge is 2.12. The number of halogens is 2. The third-order valence-electron chi connectivity index (χ3n) is 2.51. The molecule has 0 amide bonds. The van der Waals surface area contributed by atoms with Crippen LogP contribution in [0.5, 0.6) is 0 Å². The van der Waals surface area contributed by atoms with E-state index in [2.05, 4.69) is 27.7 Å². The number of nitrogen functional groups attached to an aromatic ring is 2. The molecule has 1 rings (SSSR count). The molecule has 0 aliphatic heterocycles. The van der Waals surface area contributed by atoms with E-state index in [9.17, 15) is 0 Å². The number of nitrogens with two attached hydrogens (primary N) is 2. The summed E-state index contributed by atoms with van der Waals surface area (Å²) in [6.07, 6.45) is 0. The molecule has 4 N–H and O–H groups in total. The summed E-state index contributed by atoms with van der Waals surface area (Å²) in [7, 11) is 0. The van der Waals surface area contributed by atoms with E-state index >= 15 is 0 Å². The molecule has 4 heteroatoms. The van der Waals surface area contributed by atoms with Crippen LogP contribution in [0.15, 0.2) is 12.1 Å². The van der Waals surface area contributed by atoms with Crippen molar-refractivity contribution in [2.24, 2.45) is 0 Å². The number of hydrogen-bond acceptors (Lipinski definition) is 2. The molecular formula is C12H22Cl2N2. The molecule has 0 unspecified atom stereocenters. The normalized spacial score (nSPS) is 9.88. The first-order valence-electron chi connectivity index (χ1n) is 5.12. The Morgan fingerprint density at radius 1 is 0.812 bits per heavy atom. The average Bonchev–Trinajstić information content (AvgIpc) is 2.07. The van der Waals surface area contributed by atoms with Gasteiger partial charge in [-0.05, 0) is 35.1 Å². The molecule has 0 radical (unpaired) electrons. The van der Waals surface area contributed by atoms with Crippen molar-refractivity contribution in [3.8, 4) is 0 Å². The second-order valence-corrected chi connectivity index (χ2v) is 4.42. The molecule has 0 saturated heterocycles. The second kappa shape index (κ2) is 6.87. The fourth-order valence-corrected chi connectivity index (χ4v) is 1.68. The Balaban J connectivity index is 0. The van der Waals surface area contributed by atoms with Crippen molar-refractivity contribution >= 4 is 36.2 Å². The van der Waals surface area contributed by atoms with Crippen molar-refractivity contribution in [1.82, 2.24) is 0 Å². The van der Waals surface area contributed by atoms with E-state index in [1.54, 1.807) is 0 Å². The lowest BCUT2D eigenvalue weighted by Crippen LogP contribution is -2.04. The largest absolute Gasteiger partial charge is 0.399 e. The summed E-state index contributed by atoms with van der Waals surface area (Å²) in [5.74, 6) is 0.854. The van der Waals surface area contributed by atoms with Crippen LogP contribution in [-0.2, 0) is 0 Å². The third-order valence-corrected chi connectivity index (χ3v) is 2.51. The summed E-state index contributed by atoms with van der Waals surface area (Å²) in [6.45, 7) is 8.54. The van der Waals surface area contributed by atoms with Crippen molar-refractivity contribution in [3.63, 3.8) is 0 Å². The summed E-state index contributed by atoms with van der Waals surface area (Å²) in [6, 6.07) is 3.96. The fraction of sp³-hybridized carbons (Fsp3) is 0.500.